The van der Waals surface area contributed by atoms with Crippen LogP contribution in [0.2, 0.25) is 0 Å². The van der Waals surface area contributed by atoms with Crippen molar-refractivity contribution in [3.8, 4) is 11.9 Å². The van der Waals surface area contributed by atoms with E-state index in [0.717, 1.165) is 10.9 Å². The van der Waals surface area contributed by atoms with Gasteiger partial charge >= 0.3 is 0 Å². The van der Waals surface area contributed by atoms with Gasteiger partial charge in [0.05, 0.1) is 5.52 Å². The van der Waals surface area contributed by atoms with Crippen molar-refractivity contribution < 1.29 is 0 Å². The Balaban J connectivity index is 2.28. The summed E-state index contributed by atoms with van der Waals surface area (Å²) in [6.07, 6.45) is 2.87. The Morgan fingerprint density at radius 3 is 2.89 bits per heavy atom. The number of aromatic nitrogens is 5. The number of rotatable bonds is 1. The Morgan fingerprint density at radius 1 is 1.22 bits per heavy atom. The summed E-state index contributed by atoms with van der Waals surface area (Å²) in [5.74, 6) is 0.631. The number of benzene rings is 1. The first-order valence-corrected chi connectivity index (χ1v) is 5.10. The Labute approximate surface area is 102 Å². The molecule has 7 nitrogen and oxygen atoms in total. The molecule has 3 rings (SSSR count). The lowest BCUT2D eigenvalue weighted by molar-refractivity contribution is 0.844. The summed E-state index contributed by atoms with van der Waals surface area (Å²) >= 11 is 0. The van der Waals surface area contributed by atoms with Gasteiger partial charge in [-0.15, -0.1) is 5.10 Å². The van der Waals surface area contributed by atoms with Crippen LogP contribution in [0.5, 0.6) is 0 Å². The molecule has 7 heteroatoms. The summed E-state index contributed by atoms with van der Waals surface area (Å²) in [6, 6.07) is 7.20. The maximum atomic E-state index is 8.71. The molecule has 86 valence electrons. The van der Waals surface area contributed by atoms with Crippen LogP contribution in [0.3, 0.4) is 0 Å². The predicted molar refractivity (Wildman–Crippen MR) is 63.6 cm³/mol. The van der Waals surface area contributed by atoms with E-state index in [1.54, 1.807) is 18.2 Å². The summed E-state index contributed by atoms with van der Waals surface area (Å²) in [4.78, 5) is 12.1. The molecular formula is C11H7N7. The number of nitrogens with two attached hydrogens (primary N) is 1. The van der Waals surface area contributed by atoms with Gasteiger partial charge in [0, 0.05) is 11.1 Å². The standard InChI is InChI=1S/C11H7N7/c12-4-10-16-6-18(17-10)11-8-3-7(13)1-2-9(8)14-5-15-11/h1-3,5-6H,13H2. The van der Waals surface area contributed by atoms with Crippen molar-refractivity contribution in [1.82, 2.24) is 24.7 Å². The van der Waals surface area contributed by atoms with Crippen LogP contribution < -0.4 is 5.73 Å². The molecule has 0 unspecified atom stereocenters. The average molecular weight is 237 g/mol. The fourth-order valence-corrected chi connectivity index (χ4v) is 1.66. The van der Waals surface area contributed by atoms with Crippen LogP contribution in [0.4, 0.5) is 5.69 Å². The third kappa shape index (κ3) is 1.53. The third-order valence-electron chi connectivity index (χ3n) is 2.45. The van der Waals surface area contributed by atoms with E-state index < -0.39 is 0 Å². The fourth-order valence-electron chi connectivity index (χ4n) is 1.66. The second-order valence-electron chi connectivity index (χ2n) is 3.60. The molecule has 18 heavy (non-hydrogen) atoms. The van der Waals surface area contributed by atoms with E-state index in [-0.39, 0.29) is 5.82 Å². The van der Waals surface area contributed by atoms with Crippen LogP contribution in [0.1, 0.15) is 5.82 Å². The summed E-state index contributed by atoms with van der Waals surface area (Å²) in [7, 11) is 0. The number of hydrogen-bond donors (Lipinski definition) is 1. The van der Waals surface area contributed by atoms with Gasteiger partial charge in [0.2, 0.25) is 0 Å². The van der Waals surface area contributed by atoms with Gasteiger partial charge in [-0.25, -0.2) is 19.6 Å². The molecule has 3 aromatic rings. The minimum absolute atomic E-state index is 0.0886. The fraction of sp³-hybridized carbons (Fsp3) is 0. The molecule has 0 spiro atoms. The largest absolute Gasteiger partial charge is 0.399 e. The zero-order valence-electron chi connectivity index (χ0n) is 9.15. The number of fused-ring (bicyclic) bond motifs is 1. The van der Waals surface area contributed by atoms with Gasteiger partial charge in [0.1, 0.15) is 18.7 Å². The van der Waals surface area contributed by atoms with Crippen molar-refractivity contribution >= 4 is 16.6 Å². The van der Waals surface area contributed by atoms with E-state index in [4.69, 9.17) is 11.0 Å². The maximum Gasteiger partial charge on any atom is 0.252 e. The van der Waals surface area contributed by atoms with Crippen molar-refractivity contribution in [2.24, 2.45) is 0 Å². The quantitative estimate of drug-likeness (QED) is 0.623. The van der Waals surface area contributed by atoms with Crippen molar-refractivity contribution in [2.45, 2.75) is 0 Å². The van der Waals surface area contributed by atoms with Gasteiger partial charge in [-0.3, -0.25) is 0 Å². The van der Waals surface area contributed by atoms with Gasteiger partial charge in [-0.2, -0.15) is 5.26 Å². The summed E-state index contributed by atoms with van der Waals surface area (Å²) in [5, 5.41) is 13.5. The first-order valence-electron chi connectivity index (χ1n) is 5.10. The van der Waals surface area contributed by atoms with Crippen molar-refractivity contribution in [1.29, 1.82) is 5.26 Å². The number of hydrogen-bond acceptors (Lipinski definition) is 6. The molecule has 2 heterocycles. The minimum Gasteiger partial charge on any atom is -0.399 e. The van der Waals surface area contributed by atoms with Crippen molar-refractivity contribution in [2.75, 3.05) is 5.73 Å². The van der Waals surface area contributed by atoms with Gasteiger partial charge in [0.15, 0.2) is 5.82 Å². The maximum absolute atomic E-state index is 8.71. The molecule has 0 fully saturated rings. The number of nitrogen functional groups attached to an aromatic ring is 1. The first kappa shape index (κ1) is 10.2. The topological polar surface area (TPSA) is 106 Å². The Bertz CT molecular complexity index is 768. The molecule has 0 saturated heterocycles. The SMILES string of the molecule is N#Cc1ncn(-c2ncnc3ccc(N)cc23)n1. The molecule has 0 radical (unpaired) electrons. The molecule has 2 N–H and O–H groups in total. The van der Waals surface area contributed by atoms with Crippen molar-refractivity contribution in [3.63, 3.8) is 0 Å². The predicted octanol–water partition coefficient (Wildman–Crippen LogP) is 0.664. The lowest BCUT2D eigenvalue weighted by Crippen LogP contribution is -2.01. The third-order valence-corrected chi connectivity index (χ3v) is 2.45. The number of nitrogens with zero attached hydrogens (tertiary/aromatic N) is 6. The first-order chi connectivity index (χ1) is 8.78. The van der Waals surface area contributed by atoms with Crippen LogP contribution in [0.25, 0.3) is 16.7 Å². The van der Waals surface area contributed by atoms with Crippen LogP contribution in [0.15, 0.2) is 30.9 Å². The van der Waals surface area contributed by atoms with Gasteiger partial charge < -0.3 is 5.73 Å². The average Bonchev–Trinajstić information content (AvgIpc) is 2.86. The van der Waals surface area contributed by atoms with Gasteiger partial charge in [-0.05, 0) is 18.2 Å². The van der Waals surface area contributed by atoms with Crippen LogP contribution in [-0.2, 0) is 0 Å². The summed E-state index contributed by atoms with van der Waals surface area (Å²) in [5.41, 5.74) is 7.11. The second kappa shape index (κ2) is 3.78. The smallest absolute Gasteiger partial charge is 0.252 e. The highest BCUT2D eigenvalue weighted by molar-refractivity contribution is 5.87. The Morgan fingerprint density at radius 2 is 2.11 bits per heavy atom. The summed E-state index contributed by atoms with van der Waals surface area (Å²) in [6.45, 7) is 0. The van der Waals surface area contributed by atoms with E-state index >= 15 is 0 Å². The molecule has 0 aliphatic carbocycles. The monoisotopic (exact) mass is 237 g/mol. The normalized spacial score (nSPS) is 10.4. The lowest BCUT2D eigenvalue weighted by Gasteiger charge is -2.04. The molecule has 0 atom stereocenters. The zero-order chi connectivity index (χ0) is 12.5. The second-order valence-corrected chi connectivity index (χ2v) is 3.60. The summed E-state index contributed by atoms with van der Waals surface area (Å²) < 4.78 is 1.43. The van der Waals surface area contributed by atoms with Crippen LogP contribution in [-0.4, -0.2) is 24.7 Å². The van der Waals surface area contributed by atoms with Crippen LogP contribution >= 0.6 is 0 Å². The lowest BCUT2D eigenvalue weighted by atomic mass is 10.2. The Hall–Kier alpha value is -3.01. The molecule has 0 aliphatic rings. The highest BCUT2D eigenvalue weighted by Gasteiger charge is 2.08. The van der Waals surface area contributed by atoms with E-state index in [2.05, 4.69) is 20.1 Å². The number of anilines is 1. The van der Waals surface area contributed by atoms with E-state index in [9.17, 15) is 0 Å². The Kier molecular flexibility index (Phi) is 2.13. The van der Waals surface area contributed by atoms with E-state index in [1.165, 1.54) is 17.3 Å². The molecule has 2 aromatic heterocycles. The highest BCUT2D eigenvalue weighted by Crippen LogP contribution is 2.20. The molecule has 1 aromatic carbocycles. The van der Waals surface area contributed by atoms with Crippen LogP contribution in [0, 0.1) is 11.3 Å². The highest BCUT2D eigenvalue weighted by atomic mass is 15.4. The van der Waals surface area contributed by atoms with Crippen molar-refractivity contribution in [3.05, 3.63) is 36.7 Å². The van der Waals surface area contributed by atoms with E-state index in [0.29, 0.717) is 11.5 Å². The zero-order valence-corrected chi connectivity index (χ0v) is 9.15. The van der Waals surface area contributed by atoms with E-state index in [1.807, 2.05) is 6.07 Å². The van der Waals surface area contributed by atoms with Gasteiger partial charge in [0.25, 0.3) is 5.82 Å². The molecule has 0 bridgehead atoms. The molecule has 0 saturated carbocycles. The molecular weight excluding hydrogens is 230 g/mol. The molecule has 0 aliphatic heterocycles. The van der Waals surface area contributed by atoms with Gasteiger partial charge in [-0.1, -0.05) is 0 Å². The number of nitriles is 1. The minimum atomic E-state index is 0.0886. The molecule has 0 amide bonds.